The van der Waals surface area contributed by atoms with E-state index >= 15 is 0 Å². The van der Waals surface area contributed by atoms with Gasteiger partial charge in [-0.3, -0.25) is 4.79 Å². The maximum atomic E-state index is 12.1. The summed E-state index contributed by atoms with van der Waals surface area (Å²) in [7, 11) is 0. The molecule has 1 N–H and O–H groups in total. The van der Waals surface area contributed by atoms with Gasteiger partial charge >= 0.3 is 0 Å². The lowest BCUT2D eigenvalue weighted by Gasteiger charge is -2.27. The molecule has 0 aliphatic carbocycles. The number of hydrogen-bond donors (Lipinski definition) is 1. The highest BCUT2D eigenvalue weighted by atomic mass is 16.4. The molecular formula is C16H22N2O3. The lowest BCUT2D eigenvalue weighted by atomic mass is 9.88. The average molecular weight is 290 g/mol. The van der Waals surface area contributed by atoms with E-state index in [4.69, 9.17) is 8.83 Å². The SMILES string of the molecule is Cc1oc(-c2ccco2)nc1CC(=O)NC(C)C(C)(C)C. The van der Waals surface area contributed by atoms with Gasteiger partial charge in [-0.05, 0) is 31.4 Å². The first-order valence-electron chi connectivity index (χ1n) is 7.07. The van der Waals surface area contributed by atoms with E-state index in [0.717, 1.165) is 0 Å². The van der Waals surface area contributed by atoms with E-state index in [2.05, 4.69) is 31.1 Å². The molecule has 0 aliphatic heterocycles. The quantitative estimate of drug-likeness (QED) is 0.937. The number of carbonyl (C=O) groups excluding carboxylic acids is 1. The Labute approximate surface area is 124 Å². The number of rotatable bonds is 4. The molecule has 0 aliphatic rings. The molecule has 0 aromatic carbocycles. The zero-order chi connectivity index (χ0) is 15.6. The number of oxazole rings is 1. The number of amides is 1. The van der Waals surface area contributed by atoms with Gasteiger partial charge in [0.1, 0.15) is 5.76 Å². The molecule has 21 heavy (non-hydrogen) atoms. The average Bonchev–Trinajstić information content (AvgIpc) is 2.98. The molecule has 2 heterocycles. The predicted molar refractivity (Wildman–Crippen MR) is 79.7 cm³/mol. The summed E-state index contributed by atoms with van der Waals surface area (Å²) in [5.41, 5.74) is 0.661. The number of hydrogen-bond acceptors (Lipinski definition) is 4. The van der Waals surface area contributed by atoms with E-state index in [1.54, 1.807) is 25.3 Å². The van der Waals surface area contributed by atoms with Gasteiger partial charge in [0, 0.05) is 6.04 Å². The molecule has 5 nitrogen and oxygen atoms in total. The van der Waals surface area contributed by atoms with Crippen molar-refractivity contribution in [3.63, 3.8) is 0 Å². The standard InChI is InChI=1S/C16H22N2O3/c1-10-12(9-14(19)17-11(2)16(3,4)5)18-15(21-10)13-7-6-8-20-13/h6-8,11H,9H2,1-5H3,(H,17,19). The lowest BCUT2D eigenvalue weighted by molar-refractivity contribution is -0.121. The first kappa shape index (κ1) is 15.4. The van der Waals surface area contributed by atoms with Gasteiger partial charge < -0.3 is 14.2 Å². The summed E-state index contributed by atoms with van der Waals surface area (Å²) in [6.07, 6.45) is 1.77. The highest BCUT2D eigenvalue weighted by Gasteiger charge is 2.23. The van der Waals surface area contributed by atoms with Crippen LogP contribution in [0.4, 0.5) is 0 Å². The number of nitrogens with zero attached hydrogens (tertiary/aromatic N) is 1. The van der Waals surface area contributed by atoms with Gasteiger partial charge in [0.05, 0.1) is 18.4 Å². The third-order valence-electron chi connectivity index (χ3n) is 3.63. The van der Waals surface area contributed by atoms with Gasteiger partial charge in [0.25, 0.3) is 5.89 Å². The zero-order valence-corrected chi connectivity index (χ0v) is 13.2. The van der Waals surface area contributed by atoms with E-state index in [0.29, 0.717) is 23.1 Å². The molecule has 114 valence electrons. The Kier molecular flexibility index (Phi) is 4.21. The van der Waals surface area contributed by atoms with Crippen LogP contribution in [0.25, 0.3) is 11.7 Å². The second-order valence-electron chi connectivity index (χ2n) is 6.33. The first-order chi connectivity index (χ1) is 9.77. The lowest BCUT2D eigenvalue weighted by Crippen LogP contribution is -2.42. The molecule has 0 saturated carbocycles. The van der Waals surface area contributed by atoms with Crippen LogP contribution in [0.1, 0.15) is 39.1 Å². The monoisotopic (exact) mass is 290 g/mol. The fourth-order valence-corrected chi connectivity index (χ4v) is 1.76. The number of aromatic nitrogens is 1. The minimum absolute atomic E-state index is 0.0217. The molecule has 2 aromatic heterocycles. The van der Waals surface area contributed by atoms with Crippen LogP contribution in [0.5, 0.6) is 0 Å². The van der Waals surface area contributed by atoms with Crippen molar-refractivity contribution in [3.05, 3.63) is 29.9 Å². The highest BCUT2D eigenvalue weighted by molar-refractivity contribution is 5.78. The van der Waals surface area contributed by atoms with Crippen molar-refractivity contribution in [2.24, 2.45) is 5.41 Å². The first-order valence-corrected chi connectivity index (χ1v) is 7.07. The Hall–Kier alpha value is -2.04. The van der Waals surface area contributed by atoms with Crippen LogP contribution in [-0.2, 0) is 11.2 Å². The van der Waals surface area contributed by atoms with Crippen LogP contribution in [0.2, 0.25) is 0 Å². The van der Waals surface area contributed by atoms with Crippen molar-refractivity contribution >= 4 is 5.91 Å². The Morgan fingerprint density at radius 1 is 1.43 bits per heavy atom. The summed E-state index contributed by atoms with van der Waals surface area (Å²) in [4.78, 5) is 16.4. The largest absolute Gasteiger partial charge is 0.459 e. The van der Waals surface area contributed by atoms with Crippen molar-refractivity contribution in [1.29, 1.82) is 0 Å². The van der Waals surface area contributed by atoms with Crippen molar-refractivity contribution in [2.75, 3.05) is 0 Å². The van der Waals surface area contributed by atoms with Gasteiger partial charge in [-0.2, -0.15) is 0 Å². The topological polar surface area (TPSA) is 68.3 Å². The Morgan fingerprint density at radius 2 is 2.14 bits per heavy atom. The zero-order valence-electron chi connectivity index (χ0n) is 13.2. The van der Waals surface area contributed by atoms with Gasteiger partial charge in [0.2, 0.25) is 5.91 Å². The summed E-state index contributed by atoms with van der Waals surface area (Å²) in [6.45, 7) is 10.1. The summed E-state index contributed by atoms with van der Waals surface area (Å²) in [6, 6.07) is 3.63. The Morgan fingerprint density at radius 3 is 2.71 bits per heavy atom. The second kappa shape index (κ2) is 5.76. The maximum Gasteiger partial charge on any atom is 0.263 e. The predicted octanol–water partition coefficient (Wildman–Crippen LogP) is 3.34. The van der Waals surface area contributed by atoms with Crippen LogP contribution in [0, 0.1) is 12.3 Å². The van der Waals surface area contributed by atoms with E-state index in [9.17, 15) is 4.79 Å². The minimum atomic E-state index is -0.0557. The van der Waals surface area contributed by atoms with Crippen molar-refractivity contribution < 1.29 is 13.6 Å². The molecule has 0 bridgehead atoms. The molecule has 0 saturated heterocycles. The van der Waals surface area contributed by atoms with Crippen LogP contribution >= 0.6 is 0 Å². The fourth-order valence-electron chi connectivity index (χ4n) is 1.76. The smallest absolute Gasteiger partial charge is 0.263 e. The van der Waals surface area contributed by atoms with E-state index in [-0.39, 0.29) is 23.8 Å². The minimum Gasteiger partial charge on any atom is -0.459 e. The molecule has 2 rings (SSSR count). The number of carbonyl (C=O) groups is 1. The van der Waals surface area contributed by atoms with E-state index in [1.807, 2.05) is 6.92 Å². The number of nitrogens with one attached hydrogen (secondary N) is 1. The van der Waals surface area contributed by atoms with E-state index in [1.165, 1.54) is 0 Å². The molecule has 1 atom stereocenters. The van der Waals surface area contributed by atoms with Crippen molar-refractivity contribution in [1.82, 2.24) is 10.3 Å². The third kappa shape index (κ3) is 3.74. The van der Waals surface area contributed by atoms with Gasteiger partial charge in [-0.25, -0.2) is 4.98 Å². The number of furan rings is 1. The molecule has 0 radical (unpaired) electrons. The summed E-state index contributed by atoms with van der Waals surface area (Å²) >= 11 is 0. The van der Waals surface area contributed by atoms with Crippen molar-refractivity contribution in [2.45, 2.75) is 47.1 Å². The van der Waals surface area contributed by atoms with Gasteiger partial charge in [-0.15, -0.1) is 0 Å². The normalized spacial score (nSPS) is 13.2. The molecule has 0 spiro atoms. The highest BCUT2D eigenvalue weighted by Crippen LogP contribution is 2.23. The molecular weight excluding hydrogens is 268 g/mol. The Bertz CT molecular complexity index is 606. The summed E-state index contributed by atoms with van der Waals surface area (Å²) in [5, 5.41) is 3.00. The molecule has 5 heteroatoms. The molecule has 0 fully saturated rings. The van der Waals surface area contributed by atoms with Gasteiger partial charge in [-0.1, -0.05) is 20.8 Å². The molecule has 1 amide bonds. The molecule has 1 unspecified atom stereocenters. The van der Waals surface area contributed by atoms with Crippen LogP contribution in [0.3, 0.4) is 0 Å². The number of aryl methyl sites for hydroxylation is 1. The summed E-state index contributed by atoms with van der Waals surface area (Å²) < 4.78 is 10.8. The van der Waals surface area contributed by atoms with Crippen molar-refractivity contribution in [3.8, 4) is 11.7 Å². The van der Waals surface area contributed by atoms with E-state index < -0.39 is 0 Å². The maximum absolute atomic E-state index is 12.1. The van der Waals surface area contributed by atoms with Crippen LogP contribution < -0.4 is 5.32 Å². The fraction of sp³-hybridized carbons (Fsp3) is 0.500. The van der Waals surface area contributed by atoms with Crippen LogP contribution in [0.15, 0.2) is 27.2 Å². The van der Waals surface area contributed by atoms with Crippen LogP contribution in [-0.4, -0.2) is 16.9 Å². The third-order valence-corrected chi connectivity index (χ3v) is 3.63. The van der Waals surface area contributed by atoms with Gasteiger partial charge in [0.15, 0.2) is 5.76 Å². The molecule has 2 aromatic rings. The summed E-state index contributed by atoms with van der Waals surface area (Å²) in [5.74, 6) is 1.55. The Balaban J connectivity index is 2.05. The second-order valence-corrected chi connectivity index (χ2v) is 6.33.